The Bertz CT molecular complexity index is 1190. The fourth-order valence-corrected chi connectivity index (χ4v) is 4.02. The minimum Gasteiger partial charge on any atom is -0.459 e. The molecule has 0 bridgehead atoms. The maximum Gasteiger partial charge on any atom is 0.322 e. The van der Waals surface area contributed by atoms with Crippen LogP contribution in [0.1, 0.15) is 43.7 Å². The molecule has 160 valence electrons. The highest BCUT2D eigenvalue weighted by Gasteiger charge is 2.20. The second-order valence-electron chi connectivity index (χ2n) is 8.27. The van der Waals surface area contributed by atoms with Crippen molar-refractivity contribution in [1.82, 2.24) is 29.9 Å². The van der Waals surface area contributed by atoms with E-state index >= 15 is 0 Å². The van der Waals surface area contributed by atoms with Gasteiger partial charge in [0.25, 0.3) is 0 Å². The van der Waals surface area contributed by atoms with E-state index in [0.717, 1.165) is 53.5 Å². The molecule has 1 fully saturated rings. The third-order valence-electron chi connectivity index (χ3n) is 5.73. The lowest BCUT2D eigenvalue weighted by atomic mass is 10.1. The van der Waals surface area contributed by atoms with Crippen molar-refractivity contribution in [1.29, 1.82) is 0 Å². The lowest BCUT2D eigenvalue weighted by molar-refractivity contribution is 0.153. The zero-order valence-corrected chi connectivity index (χ0v) is 17.9. The predicted molar refractivity (Wildman–Crippen MR) is 120 cm³/mol. The van der Waals surface area contributed by atoms with Gasteiger partial charge in [0, 0.05) is 36.4 Å². The minimum absolute atomic E-state index is 0.0820. The summed E-state index contributed by atoms with van der Waals surface area (Å²) in [4.78, 5) is 13.7. The normalized spacial score (nSPS) is 16.8. The number of aromatic nitrogens is 5. The number of fused-ring (bicyclic) bond motifs is 2. The maximum absolute atomic E-state index is 6.15. The number of anilines is 1. The molecule has 1 aromatic carbocycles. The number of rotatable bonds is 6. The Labute approximate surface area is 181 Å². The first-order valence-electron chi connectivity index (χ1n) is 10.9. The van der Waals surface area contributed by atoms with E-state index in [0.29, 0.717) is 24.4 Å². The summed E-state index contributed by atoms with van der Waals surface area (Å²) in [6.45, 7) is 6.72. The molecule has 1 aliphatic rings. The van der Waals surface area contributed by atoms with Gasteiger partial charge in [-0.25, -0.2) is 0 Å². The van der Waals surface area contributed by atoms with Crippen LogP contribution in [0, 0.1) is 0 Å². The van der Waals surface area contributed by atoms with Crippen LogP contribution in [0.4, 0.5) is 5.95 Å². The Morgan fingerprint density at radius 1 is 1.23 bits per heavy atom. The Balaban J connectivity index is 1.48. The second kappa shape index (κ2) is 8.47. The average molecular weight is 418 g/mol. The number of nitrogens with zero attached hydrogens (tertiary/aromatic N) is 5. The first-order chi connectivity index (χ1) is 15.2. The van der Waals surface area contributed by atoms with Crippen LogP contribution in [0.5, 0.6) is 6.01 Å². The van der Waals surface area contributed by atoms with Crippen molar-refractivity contribution in [3.05, 3.63) is 54.0 Å². The molecule has 2 N–H and O–H groups in total. The van der Waals surface area contributed by atoms with E-state index in [2.05, 4.69) is 57.7 Å². The average Bonchev–Trinajstić information content (AvgIpc) is 3.22. The summed E-state index contributed by atoms with van der Waals surface area (Å²) in [6.07, 6.45) is 7.76. The summed E-state index contributed by atoms with van der Waals surface area (Å²) in [5, 5.41) is 13.7. The highest BCUT2D eigenvalue weighted by Crippen LogP contribution is 2.24. The number of nitrogens with one attached hydrogen (secondary N) is 2. The summed E-state index contributed by atoms with van der Waals surface area (Å²) in [5.74, 6) is 0.921. The van der Waals surface area contributed by atoms with Gasteiger partial charge in [0.2, 0.25) is 5.95 Å². The van der Waals surface area contributed by atoms with E-state index in [4.69, 9.17) is 9.72 Å². The molecule has 0 aliphatic carbocycles. The fourth-order valence-electron chi connectivity index (χ4n) is 4.02. The molecule has 4 aromatic rings. The number of ether oxygens (including phenoxy) is 1. The van der Waals surface area contributed by atoms with Crippen molar-refractivity contribution in [3.63, 3.8) is 0 Å². The molecule has 0 saturated carbocycles. The number of hydrogen-bond donors (Lipinski definition) is 2. The van der Waals surface area contributed by atoms with Gasteiger partial charge in [-0.05, 0) is 42.3 Å². The molecule has 4 heterocycles. The number of hydrogen-bond acceptors (Lipinski definition) is 7. The lowest BCUT2D eigenvalue weighted by Crippen LogP contribution is -2.37. The van der Waals surface area contributed by atoms with Crippen molar-refractivity contribution < 1.29 is 4.74 Å². The molecular weight excluding hydrogens is 390 g/mol. The standard InChI is InChI=1S/C23H27N7O/c1-15(2)19-14-27-30-21(19)28-23(31-18-7-4-9-24-12-18)29-22(30)26-11-17-6-3-5-16-8-10-25-13-20(16)17/h3,5-6,8,10,13-15,18,24H,4,7,9,11-12H2,1-2H3,(H,26,28,29)/t18-/m1/s1. The molecule has 31 heavy (non-hydrogen) atoms. The fraction of sp³-hybridized carbons (Fsp3) is 0.391. The Kier molecular flexibility index (Phi) is 5.38. The van der Waals surface area contributed by atoms with Crippen molar-refractivity contribution >= 4 is 22.4 Å². The molecule has 0 spiro atoms. The number of pyridine rings is 1. The lowest BCUT2D eigenvalue weighted by Gasteiger charge is -2.23. The molecule has 3 aromatic heterocycles. The molecular formula is C23H27N7O. The highest BCUT2D eigenvalue weighted by atomic mass is 16.5. The van der Waals surface area contributed by atoms with Gasteiger partial charge in [0.15, 0.2) is 5.65 Å². The van der Waals surface area contributed by atoms with Crippen LogP contribution in [0.15, 0.2) is 42.9 Å². The van der Waals surface area contributed by atoms with Gasteiger partial charge < -0.3 is 15.4 Å². The summed E-state index contributed by atoms with van der Waals surface area (Å²) in [6, 6.07) is 8.67. The van der Waals surface area contributed by atoms with E-state index in [1.165, 1.54) is 0 Å². The molecule has 8 nitrogen and oxygen atoms in total. The molecule has 0 amide bonds. The Morgan fingerprint density at radius 2 is 2.16 bits per heavy atom. The van der Waals surface area contributed by atoms with Gasteiger partial charge in [0.05, 0.1) is 6.20 Å². The third-order valence-corrected chi connectivity index (χ3v) is 5.73. The Morgan fingerprint density at radius 3 is 3.00 bits per heavy atom. The van der Waals surface area contributed by atoms with Gasteiger partial charge in [-0.1, -0.05) is 32.0 Å². The zero-order chi connectivity index (χ0) is 21.2. The molecule has 1 saturated heterocycles. The van der Waals surface area contributed by atoms with Crippen LogP contribution in [-0.4, -0.2) is 43.8 Å². The highest BCUT2D eigenvalue weighted by molar-refractivity contribution is 5.84. The van der Waals surface area contributed by atoms with Gasteiger partial charge in [-0.3, -0.25) is 4.98 Å². The molecule has 0 radical (unpaired) electrons. The second-order valence-corrected chi connectivity index (χ2v) is 8.27. The summed E-state index contributed by atoms with van der Waals surface area (Å²) in [5.41, 5.74) is 3.00. The van der Waals surface area contributed by atoms with Crippen LogP contribution in [0.3, 0.4) is 0 Å². The monoisotopic (exact) mass is 417 g/mol. The van der Waals surface area contributed by atoms with Crippen molar-refractivity contribution in [2.75, 3.05) is 18.4 Å². The molecule has 1 atom stereocenters. The van der Waals surface area contributed by atoms with Crippen LogP contribution in [0.25, 0.3) is 16.4 Å². The summed E-state index contributed by atoms with van der Waals surface area (Å²) >= 11 is 0. The topological polar surface area (TPSA) is 89.3 Å². The summed E-state index contributed by atoms with van der Waals surface area (Å²) in [7, 11) is 0. The quantitative estimate of drug-likeness (QED) is 0.496. The SMILES string of the molecule is CC(C)c1cnn2c(NCc3cccc4ccncc34)nc(O[C@@H]3CCCNC3)nc12. The van der Waals surface area contributed by atoms with Crippen molar-refractivity contribution in [3.8, 4) is 6.01 Å². The number of piperidine rings is 1. The van der Waals surface area contributed by atoms with Crippen LogP contribution < -0.4 is 15.4 Å². The van der Waals surface area contributed by atoms with Crippen LogP contribution >= 0.6 is 0 Å². The molecule has 0 unspecified atom stereocenters. The van der Waals surface area contributed by atoms with E-state index < -0.39 is 0 Å². The van der Waals surface area contributed by atoms with E-state index in [1.807, 2.05) is 24.7 Å². The maximum atomic E-state index is 6.15. The van der Waals surface area contributed by atoms with Crippen LogP contribution in [-0.2, 0) is 6.54 Å². The van der Waals surface area contributed by atoms with E-state index in [9.17, 15) is 0 Å². The predicted octanol–water partition coefficient (Wildman–Crippen LogP) is 3.54. The number of benzene rings is 1. The minimum atomic E-state index is 0.0820. The van der Waals surface area contributed by atoms with Gasteiger partial charge >= 0.3 is 6.01 Å². The van der Waals surface area contributed by atoms with Crippen LogP contribution in [0.2, 0.25) is 0 Å². The summed E-state index contributed by atoms with van der Waals surface area (Å²) < 4.78 is 7.92. The van der Waals surface area contributed by atoms with Gasteiger partial charge in [-0.2, -0.15) is 19.6 Å². The van der Waals surface area contributed by atoms with Crippen molar-refractivity contribution in [2.24, 2.45) is 0 Å². The third kappa shape index (κ3) is 4.03. The Hall–Kier alpha value is -3.26. The van der Waals surface area contributed by atoms with E-state index in [1.54, 1.807) is 4.52 Å². The molecule has 5 rings (SSSR count). The van der Waals surface area contributed by atoms with Crippen molar-refractivity contribution in [2.45, 2.75) is 45.3 Å². The molecule has 8 heteroatoms. The first kappa shape index (κ1) is 19.7. The zero-order valence-electron chi connectivity index (χ0n) is 17.9. The van der Waals surface area contributed by atoms with Gasteiger partial charge in [-0.15, -0.1) is 0 Å². The first-order valence-corrected chi connectivity index (χ1v) is 10.9. The largest absolute Gasteiger partial charge is 0.459 e. The molecule has 1 aliphatic heterocycles. The smallest absolute Gasteiger partial charge is 0.322 e. The van der Waals surface area contributed by atoms with E-state index in [-0.39, 0.29) is 6.10 Å². The van der Waals surface area contributed by atoms with Gasteiger partial charge in [0.1, 0.15) is 6.10 Å².